The van der Waals surface area contributed by atoms with Gasteiger partial charge in [0.2, 0.25) is 5.91 Å². The minimum absolute atomic E-state index is 0.182. The van der Waals surface area contributed by atoms with Crippen molar-refractivity contribution in [2.75, 3.05) is 31.7 Å². The van der Waals surface area contributed by atoms with E-state index in [1.807, 2.05) is 54.7 Å². The predicted octanol–water partition coefficient (Wildman–Crippen LogP) is 2.47. The van der Waals surface area contributed by atoms with Crippen LogP contribution in [0.25, 0.3) is 5.65 Å². The van der Waals surface area contributed by atoms with E-state index < -0.39 is 6.04 Å². The lowest BCUT2D eigenvalue weighted by Gasteiger charge is -2.22. The smallest absolute Gasteiger partial charge is 0.252 e. The first-order chi connectivity index (χ1) is 20.5. The normalized spacial score (nSPS) is 17.8. The number of benzene rings is 1. The maximum atomic E-state index is 13.3. The average molecular weight is 592 g/mol. The van der Waals surface area contributed by atoms with E-state index in [9.17, 15) is 9.59 Å². The monoisotopic (exact) mass is 591 g/mol. The lowest BCUT2D eigenvalue weighted by molar-refractivity contribution is -0.123. The number of aromatic nitrogens is 6. The van der Waals surface area contributed by atoms with Crippen LogP contribution in [0.2, 0.25) is 0 Å². The standard InChI is InChI=1S/C29H37N9O3S/c1-21-6-7-24-16-25(21)28(39)33-26(8-15-42-2)29(40)31-10-3-11-36(18-22-17-32-38-13-4-9-30-27(22)38)19-23-20-37(35-34-23)12-5-14-41-24/h4,6-7,9,13,16-17,20,26H,3,5,8,10-12,14-15,18-19H2,1-2H3,(H,31,40)(H,33,39)/t26-/m0/s1. The third-order valence-corrected chi connectivity index (χ3v) is 7.80. The molecule has 222 valence electrons. The molecule has 4 heterocycles. The highest BCUT2D eigenvalue weighted by Crippen LogP contribution is 2.19. The van der Waals surface area contributed by atoms with Gasteiger partial charge in [0.15, 0.2) is 5.65 Å². The van der Waals surface area contributed by atoms with Crippen molar-refractivity contribution in [2.24, 2.45) is 0 Å². The Labute approximate surface area is 249 Å². The molecule has 0 radical (unpaired) electrons. The van der Waals surface area contributed by atoms with Crippen LogP contribution in [-0.2, 0) is 24.4 Å². The Balaban J connectivity index is 1.34. The van der Waals surface area contributed by atoms with E-state index in [-0.39, 0.29) is 11.8 Å². The van der Waals surface area contributed by atoms with Crippen molar-refractivity contribution < 1.29 is 14.3 Å². The Bertz CT molecular complexity index is 1500. The summed E-state index contributed by atoms with van der Waals surface area (Å²) in [6.07, 6.45) is 11.4. The number of aryl methyl sites for hydroxylation is 2. The predicted molar refractivity (Wildman–Crippen MR) is 160 cm³/mol. The molecule has 13 heteroatoms. The summed E-state index contributed by atoms with van der Waals surface area (Å²) in [5.74, 6) is 0.903. The molecule has 4 aromatic rings. The van der Waals surface area contributed by atoms with Crippen LogP contribution in [0.15, 0.2) is 49.1 Å². The summed E-state index contributed by atoms with van der Waals surface area (Å²) in [7, 11) is 0. The Morgan fingerprint density at radius 2 is 2.10 bits per heavy atom. The van der Waals surface area contributed by atoms with Crippen molar-refractivity contribution in [2.45, 2.75) is 51.9 Å². The van der Waals surface area contributed by atoms with E-state index in [4.69, 9.17) is 4.74 Å². The third kappa shape index (κ3) is 7.65. The van der Waals surface area contributed by atoms with Gasteiger partial charge in [-0.3, -0.25) is 19.2 Å². The maximum absolute atomic E-state index is 13.3. The van der Waals surface area contributed by atoms with E-state index in [1.165, 1.54) is 0 Å². The number of nitrogens with zero attached hydrogens (tertiary/aromatic N) is 7. The van der Waals surface area contributed by atoms with Crippen LogP contribution < -0.4 is 15.4 Å². The van der Waals surface area contributed by atoms with Crippen LogP contribution in [0.1, 0.15) is 46.4 Å². The van der Waals surface area contributed by atoms with E-state index >= 15 is 0 Å². The summed E-state index contributed by atoms with van der Waals surface area (Å²) < 4.78 is 9.55. The molecule has 2 N–H and O–H groups in total. The molecule has 0 saturated heterocycles. The zero-order chi connectivity index (χ0) is 29.3. The SMILES string of the molecule is CSCC[C@@H]1NC(=O)c2cc(ccc2C)OCCCn2cc(nn2)CN(Cc2cnn3cccnc23)CCCNC1=O. The molecule has 5 rings (SSSR count). The molecular weight excluding hydrogens is 554 g/mol. The highest BCUT2D eigenvalue weighted by molar-refractivity contribution is 7.98. The summed E-state index contributed by atoms with van der Waals surface area (Å²) in [5, 5.41) is 19.2. The van der Waals surface area contributed by atoms with Crippen molar-refractivity contribution in [3.05, 3.63) is 71.4 Å². The average Bonchev–Trinajstić information content (AvgIpc) is 3.62. The molecule has 0 fully saturated rings. The first kappa shape index (κ1) is 29.5. The molecule has 1 aliphatic heterocycles. The number of hydrogen-bond donors (Lipinski definition) is 2. The number of carbonyl (C=O) groups excluding carboxylic acids is 2. The van der Waals surface area contributed by atoms with Crippen LogP contribution in [0.4, 0.5) is 0 Å². The summed E-state index contributed by atoms with van der Waals surface area (Å²) in [6, 6.07) is 6.69. The molecular formula is C29H37N9O3S. The summed E-state index contributed by atoms with van der Waals surface area (Å²) >= 11 is 1.64. The minimum Gasteiger partial charge on any atom is -0.494 e. The van der Waals surface area contributed by atoms with Gasteiger partial charge < -0.3 is 15.4 Å². The van der Waals surface area contributed by atoms with Gasteiger partial charge in [-0.25, -0.2) is 9.50 Å². The molecule has 42 heavy (non-hydrogen) atoms. The number of amides is 2. The number of rotatable bonds is 5. The van der Waals surface area contributed by atoms with Crippen LogP contribution in [0.5, 0.6) is 5.75 Å². The molecule has 0 saturated carbocycles. The molecule has 0 unspecified atom stereocenters. The van der Waals surface area contributed by atoms with Gasteiger partial charge in [-0.1, -0.05) is 11.3 Å². The van der Waals surface area contributed by atoms with E-state index in [1.54, 1.807) is 28.5 Å². The molecule has 0 aliphatic carbocycles. The Hall–Kier alpha value is -3.97. The zero-order valence-electron chi connectivity index (χ0n) is 24.0. The zero-order valence-corrected chi connectivity index (χ0v) is 24.8. The Morgan fingerprint density at radius 1 is 1.19 bits per heavy atom. The topological polar surface area (TPSA) is 132 Å². The molecule has 2 amide bonds. The van der Waals surface area contributed by atoms with Crippen molar-refractivity contribution >= 4 is 29.2 Å². The number of ether oxygens (including phenoxy) is 1. The molecule has 3 aromatic heterocycles. The summed E-state index contributed by atoms with van der Waals surface area (Å²) in [4.78, 5) is 33.2. The van der Waals surface area contributed by atoms with Gasteiger partial charge in [0.25, 0.3) is 5.91 Å². The summed E-state index contributed by atoms with van der Waals surface area (Å²) in [5.41, 5.74) is 4.01. The van der Waals surface area contributed by atoms with Crippen molar-refractivity contribution in [1.82, 2.24) is 45.1 Å². The van der Waals surface area contributed by atoms with E-state index in [2.05, 4.69) is 35.9 Å². The summed E-state index contributed by atoms with van der Waals surface area (Å²) in [6.45, 7) is 5.40. The van der Waals surface area contributed by atoms with Gasteiger partial charge in [-0.05, 0) is 55.5 Å². The first-order valence-electron chi connectivity index (χ1n) is 14.2. The third-order valence-electron chi connectivity index (χ3n) is 7.15. The van der Waals surface area contributed by atoms with E-state index in [0.29, 0.717) is 63.5 Å². The second-order valence-electron chi connectivity index (χ2n) is 10.4. The van der Waals surface area contributed by atoms with Gasteiger partial charge >= 0.3 is 0 Å². The number of fused-ring (bicyclic) bond motifs is 5. The number of hydrogen-bond acceptors (Lipinski definition) is 9. The largest absolute Gasteiger partial charge is 0.494 e. The van der Waals surface area contributed by atoms with Crippen LogP contribution in [0.3, 0.4) is 0 Å². The second-order valence-corrected chi connectivity index (χ2v) is 11.4. The number of carbonyl (C=O) groups is 2. The second kappa shape index (κ2) is 14.3. The fraction of sp³-hybridized carbons (Fsp3) is 0.448. The molecule has 4 bridgehead atoms. The molecule has 1 atom stereocenters. The van der Waals surface area contributed by atoms with Crippen LogP contribution in [0, 0.1) is 6.92 Å². The van der Waals surface area contributed by atoms with Gasteiger partial charge in [-0.15, -0.1) is 5.10 Å². The minimum atomic E-state index is -0.629. The van der Waals surface area contributed by atoms with E-state index in [0.717, 1.165) is 34.6 Å². The number of nitrogens with one attached hydrogen (secondary N) is 2. The fourth-order valence-electron chi connectivity index (χ4n) is 4.92. The van der Waals surface area contributed by atoms with Crippen molar-refractivity contribution in [1.29, 1.82) is 0 Å². The molecule has 12 nitrogen and oxygen atoms in total. The maximum Gasteiger partial charge on any atom is 0.252 e. The number of thioether (sulfide) groups is 1. The van der Waals surface area contributed by atoms with Gasteiger partial charge in [0.1, 0.15) is 11.8 Å². The van der Waals surface area contributed by atoms with Crippen LogP contribution in [-0.4, -0.2) is 84.1 Å². The highest BCUT2D eigenvalue weighted by atomic mass is 32.2. The highest BCUT2D eigenvalue weighted by Gasteiger charge is 2.22. The molecule has 1 aromatic carbocycles. The fourth-order valence-corrected chi connectivity index (χ4v) is 5.39. The quantitative estimate of drug-likeness (QED) is 0.359. The lowest BCUT2D eigenvalue weighted by atomic mass is 10.1. The van der Waals surface area contributed by atoms with Crippen molar-refractivity contribution in [3.8, 4) is 5.75 Å². The van der Waals surface area contributed by atoms with Crippen molar-refractivity contribution in [3.63, 3.8) is 0 Å². The van der Waals surface area contributed by atoms with Crippen LogP contribution >= 0.6 is 11.8 Å². The Morgan fingerprint density at radius 3 is 2.98 bits per heavy atom. The van der Waals surface area contributed by atoms with Gasteiger partial charge in [0, 0.05) is 68.9 Å². The Kier molecular flexibility index (Phi) is 10.0. The van der Waals surface area contributed by atoms with Gasteiger partial charge in [-0.2, -0.15) is 16.9 Å². The lowest BCUT2D eigenvalue weighted by Crippen LogP contribution is -2.47. The first-order valence-corrected chi connectivity index (χ1v) is 15.6. The molecule has 1 aliphatic rings. The van der Waals surface area contributed by atoms with Gasteiger partial charge in [0.05, 0.1) is 18.5 Å². The molecule has 0 spiro atoms.